The number of aromatic nitrogens is 2. The van der Waals surface area contributed by atoms with Crippen LogP contribution < -0.4 is 20.3 Å². The zero-order chi connectivity index (χ0) is 17.2. The number of methoxy groups -OCH3 is 1. The highest BCUT2D eigenvalue weighted by Gasteiger charge is 2.28. The highest BCUT2D eigenvalue weighted by molar-refractivity contribution is 5.94. The molecule has 7 heteroatoms. The summed E-state index contributed by atoms with van der Waals surface area (Å²) >= 11 is 0. The molecule has 2 aliphatic rings. The van der Waals surface area contributed by atoms with Gasteiger partial charge in [0.1, 0.15) is 5.75 Å². The third kappa shape index (κ3) is 3.07. The molecule has 7 nitrogen and oxygen atoms in total. The molecule has 0 radical (unpaired) electrons. The molecule has 1 saturated heterocycles. The molecule has 0 bridgehead atoms. The van der Waals surface area contributed by atoms with Gasteiger partial charge in [-0.2, -0.15) is 5.10 Å². The number of fused-ring (bicyclic) bond motifs is 1. The Morgan fingerprint density at radius 2 is 2.28 bits per heavy atom. The minimum Gasteiger partial charge on any atom is -0.495 e. The van der Waals surface area contributed by atoms with Crippen molar-refractivity contribution in [3.05, 3.63) is 41.2 Å². The summed E-state index contributed by atoms with van der Waals surface area (Å²) in [7, 11) is 1.68. The lowest BCUT2D eigenvalue weighted by Gasteiger charge is -2.21. The third-order valence-corrected chi connectivity index (χ3v) is 4.97. The Hall–Kier alpha value is -2.54. The predicted molar refractivity (Wildman–Crippen MR) is 95.1 cm³/mol. The second kappa shape index (κ2) is 6.76. The van der Waals surface area contributed by atoms with Gasteiger partial charge in [0.15, 0.2) is 5.69 Å². The average Bonchev–Trinajstić information content (AvgIpc) is 3.28. The molecule has 3 heterocycles. The van der Waals surface area contributed by atoms with E-state index in [-0.39, 0.29) is 11.9 Å². The summed E-state index contributed by atoms with van der Waals surface area (Å²) in [6.45, 7) is 3.29. The largest absolute Gasteiger partial charge is 0.495 e. The number of para-hydroxylation sites is 2. The van der Waals surface area contributed by atoms with Gasteiger partial charge in [-0.05, 0) is 18.6 Å². The SMILES string of the molecule is COc1ccccc1N1CCC(NC(=O)c2n[nH]c3c2CNCC3)C1. The summed E-state index contributed by atoms with van der Waals surface area (Å²) in [6.07, 6.45) is 1.80. The number of aromatic amines is 1. The highest BCUT2D eigenvalue weighted by Crippen LogP contribution is 2.30. The van der Waals surface area contributed by atoms with Crippen LogP contribution in [0.5, 0.6) is 5.75 Å². The van der Waals surface area contributed by atoms with Crippen LogP contribution in [-0.4, -0.2) is 48.9 Å². The topological polar surface area (TPSA) is 82.3 Å². The van der Waals surface area contributed by atoms with Crippen molar-refractivity contribution in [2.24, 2.45) is 0 Å². The zero-order valence-electron chi connectivity index (χ0n) is 14.3. The summed E-state index contributed by atoms with van der Waals surface area (Å²) in [5, 5.41) is 13.7. The molecule has 3 N–H and O–H groups in total. The summed E-state index contributed by atoms with van der Waals surface area (Å²) in [5.41, 5.74) is 3.68. The van der Waals surface area contributed by atoms with Gasteiger partial charge in [0, 0.05) is 49.9 Å². The Kier molecular flexibility index (Phi) is 4.31. The number of ether oxygens (including phenoxy) is 1. The molecule has 1 atom stereocenters. The van der Waals surface area contributed by atoms with Gasteiger partial charge in [-0.15, -0.1) is 0 Å². The van der Waals surface area contributed by atoms with Crippen LogP contribution in [0, 0.1) is 0 Å². The molecule has 1 unspecified atom stereocenters. The van der Waals surface area contributed by atoms with Gasteiger partial charge < -0.3 is 20.3 Å². The minimum atomic E-state index is -0.0897. The molecular formula is C18H23N5O2. The van der Waals surface area contributed by atoms with Crippen LogP contribution in [0.3, 0.4) is 0 Å². The number of rotatable bonds is 4. The number of nitrogens with one attached hydrogen (secondary N) is 3. The highest BCUT2D eigenvalue weighted by atomic mass is 16.5. The van der Waals surface area contributed by atoms with Gasteiger partial charge in [0.05, 0.1) is 12.8 Å². The Morgan fingerprint density at radius 3 is 3.16 bits per heavy atom. The normalized spacial score (nSPS) is 19.6. The third-order valence-electron chi connectivity index (χ3n) is 4.97. The van der Waals surface area contributed by atoms with Crippen molar-refractivity contribution in [1.82, 2.24) is 20.8 Å². The number of anilines is 1. The molecule has 1 aromatic heterocycles. The molecule has 4 rings (SSSR count). The smallest absolute Gasteiger partial charge is 0.272 e. The number of hydrogen-bond donors (Lipinski definition) is 3. The molecule has 2 aromatic rings. The average molecular weight is 341 g/mol. The number of H-pyrrole nitrogens is 1. The van der Waals surface area contributed by atoms with Gasteiger partial charge >= 0.3 is 0 Å². The molecule has 2 aliphatic heterocycles. The van der Waals surface area contributed by atoms with Crippen molar-refractivity contribution in [1.29, 1.82) is 0 Å². The van der Waals surface area contributed by atoms with Crippen molar-refractivity contribution in [3.8, 4) is 5.75 Å². The van der Waals surface area contributed by atoms with Crippen LogP contribution in [0.1, 0.15) is 28.2 Å². The lowest BCUT2D eigenvalue weighted by molar-refractivity contribution is 0.0934. The number of benzene rings is 1. The Bertz CT molecular complexity index is 773. The predicted octanol–water partition coefficient (Wildman–Crippen LogP) is 1.07. The van der Waals surface area contributed by atoms with Gasteiger partial charge in [-0.1, -0.05) is 12.1 Å². The Labute approximate surface area is 146 Å². The first-order valence-electron chi connectivity index (χ1n) is 8.72. The van der Waals surface area contributed by atoms with Gasteiger partial charge in [-0.3, -0.25) is 9.89 Å². The zero-order valence-corrected chi connectivity index (χ0v) is 14.3. The van der Waals surface area contributed by atoms with Crippen molar-refractivity contribution in [2.75, 3.05) is 31.6 Å². The van der Waals surface area contributed by atoms with Crippen LogP contribution in [0.2, 0.25) is 0 Å². The molecule has 1 fully saturated rings. The maximum Gasteiger partial charge on any atom is 0.272 e. The molecule has 132 valence electrons. The van der Waals surface area contributed by atoms with E-state index < -0.39 is 0 Å². The molecule has 1 aromatic carbocycles. The molecule has 0 aliphatic carbocycles. The standard InChI is InChI=1S/C18H23N5O2/c1-25-16-5-3-2-4-15(16)23-9-7-12(11-23)20-18(24)17-13-10-19-8-6-14(13)21-22-17/h2-5,12,19H,6-11H2,1H3,(H,20,24)(H,21,22). The summed E-state index contributed by atoms with van der Waals surface area (Å²) in [6, 6.07) is 8.10. The number of carbonyl (C=O) groups excluding carboxylic acids is 1. The fourth-order valence-corrected chi connectivity index (χ4v) is 3.65. The van der Waals surface area contributed by atoms with Gasteiger partial charge in [-0.25, -0.2) is 0 Å². The number of nitrogens with zero attached hydrogens (tertiary/aromatic N) is 2. The monoisotopic (exact) mass is 341 g/mol. The van der Waals surface area contributed by atoms with E-state index in [1.54, 1.807) is 7.11 Å². The van der Waals surface area contributed by atoms with E-state index >= 15 is 0 Å². The summed E-state index contributed by atoms with van der Waals surface area (Å²) in [5.74, 6) is 0.773. The summed E-state index contributed by atoms with van der Waals surface area (Å²) in [4.78, 5) is 14.9. The first-order valence-corrected chi connectivity index (χ1v) is 8.72. The molecule has 25 heavy (non-hydrogen) atoms. The number of carbonyl (C=O) groups is 1. The van der Waals surface area contributed by atoms with E-state index in [9.17, 15) is 4.79 Å². The van der Waals surface area contributed by atoms with Crippen LogP contribution in [0.25, 0.3) is 0 Å². The van der Waals surface area contributed by atoms with Crippen LogP contribution >= 0.6 is 0 Å². The second-order valence-corrected chi connectivity index (χ2v) is 6.53. The van der Waals surface area contributed by atoms with E-state index in [1.165, 1.54) is 0 Å². The van der Waals surface area contributed by atoms with Crippen molar-refractivity contribution in [2.45, 2.75) is 25.4 Å². The Morgan fingerprint density at radius 1 is 1.40 bits per heavy atom. The Balaban J connectivity index is 1.43. The maximum absolute atomic E-state index is 12.6. The summed E-state index contributed by atoms with van der Waals surface area (Å²) < 4.78 is 5.45. The maximum atomic E-state index is 12.6. The lowest BCUT2D eigenvalue weighted by Crippen LogP contribution is -2.38. The van der Waals surface area contributed by atoms with Crippen LogP contribution in [0.15, 0.2) is 24.3 Å². The van der Waals surface area contributed by atoms with E-state index in [2.05, 4.69) is 31.8 Å². The fraction of sp³-hybridized carbons (Fsp3) is 0.444. The molecular weight excluding hydrogens is 318 g/mol. The van der Waals surface area contributed by atoms with E-state index in [0.717, 1.165) is 55.2 Å². The van der Waals surface area contributed by atoms with Crippen molar-refractivity contribution >= 4 is 11.6 Å². The van der Waals surface area contributed by atoms with E-state index in [4.69, 9.17) is 4.74 Å². The second-order valence-electron chi connectivity index (χ2n) is 6.53. The quantitative estimate of drug-likeness (QED) is 0.775. The van der Waals surface area contributed by atoms with Gasteiger partial charge in [0.25, 0.3) is 5.91 Å². The van der Waals surface area contributed by atoms with E-state index in [1.807, 2.05) is 18.2 Å². The molecule has 1 amide bonds. The first-order chi connectivity index (χ1) is 12.3. The lowest BCUT2D eigenvalue weighted by atomic mass is 10.1. The van der Waals surface area contributed by atoms with E-state index in [0.29, 0.717) is 12.2 Å². The molecule has 0 saturated carbocycles. The van der Waals surface area contributed by atoms with Crippen LogP contribution in [0.4, 0.5) is 5.69 Å². The van der Waals surface area contributed by atoms with Crippen molar-refractivity contribution in [3.63, 3.8) is 0 Å². The van der Waals surface area contributed by atoms with Crippen LogP contribution in [-0.2, 0) is 13.0 Å². The first kappa shape index (κ1) is 16.0. The van der Waals surface area contributed by atoms with Gasteiger partial charge in [0.2, 0.25) is 0 Å². The fourth-order valence-electron chi connectivity index (χ4n) is 3.65. The number of hydrogen-bond acceptors (Lipinski definition) is 5. The number of amides is 1. The molecule has 0 spiro atoms. The minimum absolute atomic E-state index is 0.0897. The van der Waals surface area contributed by atoms with Crippen molar-refractivity contribution < 1.29 is 9.53 Å².